The topological polar surface area (TPSA) is 345 Å². The van der Waals surface area contributed by atoms with Gasteiger partial charge in [-0.15, -0.1) is 20.5 Å². The standard InChI is InChI=1S/C22H20N8O12S5/c23-20-19(21(24)26-22(25-20)43-7-8-44(31,32)33)30-28-16-5-4-15(13-3-1-11(9-14(13)16)45(34,35)36)27-29-17-10-12(46(37,38)39)2-6-18(17)47(40,41)42/h1-6,9-10H,7-8H2,(H,31,32,33)(H,34,35,36)(H,37,38,39)(H,40,41,42)(H4,23,24,25,26). The van der Waals surface area contributed by atoms with Crippen molar-refractivity contribution in [3.8, 4) is 0 Å². The summed E-state index contributed by atoms with van der Waals surface area (Å²) in [6.45, 7) is 0. The summed E-state index contributed by atoms with van der Waals surface area (Å²) in [6, 6.07) is 7.74. The Morgan fingerprint density at radius 2 is 1.13 bits per heavy atom. The molecule has 0 atom stereocenters. The van der Waals surface area contributed by atoms with Crippen LogP contribution in [0.4, 0.5) is 34.4 Å². The zero-order valence-electron chi connectivity index (χ0n) is 23.0. The zero-order valence-corrected chi connectivity index (χ0v) is 27.0. The molecule has 0 saturated heterocycles. The van der Waals surface area contributed by atoms with Crippen LogP contribution in [-0.2, 0) is 40.5 Å². The molecular formula is C22H20N8O12S5. The second kappa shape index (κ2) is 13.1. The first-order valence-electron chi connectivity index (χ1n) is 12.1. The van der Waals surface area contributed by atoms with Crippen LogP contribution in [0.1, 0.15) is 0 Å². The second-order valence-corrected chi connectivity index (χ2v) is 15.9. The normalized spacial score (nSPS) is 13.2. The number of anilines is 2. The number of azo groups is 2. The van der Waals surface area contributed by atoms with E-state index in [9.17, 15) is 47.3 Å². The number of hydrogen-bond acceptors (Lipinski definition) is 17. The maximum absolute atomic E-state index is 11.9. The van der Waals surface area contributed by atoms with Crippen molar-refractivity contribution in [2.75, 3.05) is 23.0 Å². The molecule has 0 spiro atoms. The molecule has 1 heterocycles. The second-order valence-electron chi connectivity index (χ2n) is 9.03. The third-order valence-corrected chi connectivity index (χ3v) is 10.2. The summed E-state index contributed by atoms with van der Waals surface area (Å²) in [6.07, 6.45) is 0. The van der Waals surface area contributed by atoms with Gasteiger partial charge in [-0.25, -0.2) is 9.97 Å². The predicted molar refractivity (Wildman–Crippen MR) is 166 cm³/mol. The van der Waals surface area contributed by atoms with Crippen LogP contribution in [0, 0.1) is 0 Å². The predicted octanol–water partition coefficient (Wildman–Crippen LogP) is 3.35. The minimum Gasteiger partial charge on any atom is -0.382 e. The van der Waals surface area contributed by atoms with Gasteiger partial charge in [0.05, 0.1) is 26.9 Å². The molecule has 1 aromatic heterocycles. The Balaban J connectivity index is 1.80. The van der Waals surface area contributed by atoms with Gasteiger partial charge in [0, 0.05) is 16.5 Å². The first-order chi connectivity index (χ1) is 21.6. The molecule has 0 amide bonds. The van der Waals surface area contributed by atoms with E-state index >= 15 is 0 Å². The van der Waals surface area contributed by atoms with Crippen molar-refractivity contribution >= 4 is 97.4 Å². The fraction of sp³-hybridized carbons (Fsp3) is 0.0909. The highest BCUT2D eigenvalue weighted by molar-refractivity contribution is 8.00. The Hall–Kier alpha value is -4.21. The fourth-order valence-corrected chi connectivity index (χ4v) is 6.97. The third-order valence-electron chi connectivity index (χ3n) is 5.76. The lowest BCUT2D eigenvalue weighted by atomic mass is 10.1. The van der Waals surface area contributed by atoms with Crippen molar-refractivity contribution in [1.29, 1.82) is 0 Å². The molecule has 0 saturated carbocycles. The van der Waals surface area contributed by atoms with Gasteiger partial charge >= 0.3 is 0 Å². The Kier molecular flexibility index (Phi) is 9.95. The SMILES string of the molecule is Nc1nc(SCCS(=O)(=O)O)nc(N)c1N=Nc1ccc(N=Nc2cc(S(=O)(=O)O)ccc2S(=O)(=O)O)c2ccc(S(=O)(=O)O)cc12. The number of rotatable bonds is 11. The van der Waals surface area contributed by atoms with Gasteiger partial charge < -0.3 is 11.5 Å². The average molecular weight is 749 g/mol. The maximum atomic E-state index is 11.9. The number of nitrogen functional groups attached to an aromatic ring is 2. The van der Waals surface area contributed by atoms with E-state index in [2.05, 4.69) is 30.4 Å². The van der Waals surface area contributed by atoms with Gasteiger partial charge in [0.25, 0.3) is 40.5 Å². The summed E-state index contributed by atoms with van der Waals surface area (Å²) in [7, 11) is -18.7. The van der Waals surface area contributed by atoms with Crippen molar-refractivity contribution in [2.45, 2.75) is 19.8 Å². The minimum absolute atomic E-state index is 0.0162. The quantitative estimate of drug-likeness (QED) is 0.0554. The molecule has 0 aliphatic rings. The van der Waals surface area contributed by atoms with Crippen LogP contribution in [0.2, 0.25) is 0 Å². The molecule has 4 aromatic rings. The number of thioether (sulfide) groups is 1. The van der Waals surface area contributed by atoms with Crippen LogP contribution in [0.15, 0.2) is 88.8 Å². The molecule has 0 aliphatic carbocycles. The molecule has 0 fully saturated rings. The molecular weight excluding hydrogens is 729 g/mol. The van der Waals surface area contributed by atoms with E-state index in [1.54, 1.807) is 0 Å². The number of benzene rings is 3. The van der Waals surface area contributed by atoms with Gasteiger partial charge in [-0.2, -0.15) is 33.7 Å². The van der Waals surface area contributed by atoms with Crippen LogP contribution in [0.5, 0.6) is 0 Å². The van der Waals surface area contributed by atoms with Crippen LogP contribution in [-0.4, -0.2) is 73.4 Å². The number of fused-ring (bicyclic) bond motifs is 1. The van der Waals surface area contributed by atoms with Crippen LogP contribution in [0.25, 0.3) is 10.8 Å². The average Bonchev–Trinajstić information content (AvgIpc) is 2.93. The first kappa shape index (κ1) is 35.6. The van der Waals surface area contributed by atoms with E-state index in [1.807, 2.05) is 0 Å². The zero-order chi connectivity index (χ0) is 34.9. The minimum atomic E-state index is -4.94. The molecule has 4 rings (SSSR count). The lowest BCUT2D eigenvalue weighted by Crippen LogP contribution is -2.07. The maximum Gasteiger partial charge on any atom is 0.296 e. The Labute approximate surface area is 270 Å². The Morgan fingerprint density at radius 3 is 1.68 bits per heavy atom. The molecule has 8 N–H and O–H groups in total. The van der Waals surface area contributed by atoms with Crippen molar-refractivity contribution in [1.82, 2.24) is 9.97 Å². The highest BCUT2D eigenvalue weighted by Gasteiger charge is 2.21. The van der Waals surface area contributed by atoms with Gasteiger partial charge in [0.1, 0.15) is 10.6 Å². The molecule has 0 radical (unpaired) electrons. The molecule has 3 aromatic carbocycles. The van der Waals surface area contributed by atoms with Gasteiger partial charge in [0.15, 0.2) is 22.5 Å². The largest absolute Gasteiger partial charge is 0.382 e. The van der Waals surface area contributed by atoms with Gasteiger partial charge in [-0.05, 0) is 42.5 Å². The van der Waals surface area contributed by atoms with Crippen molar-refractivity contribution in [3.05, 3.63) is 48.5 Å². The van der Waals surface area contributed by atoms with E-state index in [-0.39, 0.29) is 50.4 Å². The molecule has 25 heteroatoms. The molecule has 250 valence electrons. The van der Waals surface area contributed by atoms with Crippen molar-refractivity contribution in [3.63, 3.8) is 0 Å². The summed E-state index contributed by atoms with van der Waals surface area (Å²) in [5.74, 6) is -1.25. The van der Waals surface area contributed by atoms with Gasteiger partial charge in [0.2, 0.25) is 0 Å². The van der Waals surface area contributed by atoms with Gasteiger partial charge in [-0.3, -0.25) is 18.2 Å². The number of nitrogens with zero attached hydrogens (tertiary/aromatic N) is 6. The summed E-state index contributed by atoms with van der Waals surface area (Å²) in [5, 5.41) is 15.6. The Morgan fingerprint density at radius 1 is 0.617 bits per heavy atom. The number of nitrogens with two attached hydrogens (primary N) is 2. The van der Waals surface area contributed by atoms with Crippen LogP contribution < -0.4 is 11.5 Å². The summed E-state index contributed by atoms with van der Waals surface area (Å²) in [5.41, 5.74) is 10.8. The monoisotopic (exact) mass is 748 g/mol. The first-order valence-corrected chi connectivity index (χ1v) is 19.0. The fourth-order valence-electron chi connectivity index (χ4n) is 3.67. The lowest BCUT2D eigenvalue weighted by molar-refractivity contribution is 0.478. The van der Waals surface area contributed by atoms with E-state index in [0.29, 0.717) is 18.2 Å². The molecule has 20 nitrogen and oxygen atoms in total. The van der Waals surface area contributed by atoms with Gasteiger partial charge in [-0.1, -0.05) is 17.8 Å². The smallest absolute Gasteiger partial charge is 0.296 e. The van der Waals surface area contributed by atoms with E-state index in [4.69, 9.17) is 16.0 Å². The molecule has 47 heavy (non-hydrogen) atoms. The summed E-state index contributed by atoms with van der Waals surface area (Å²) < 4.78 is 130. The van der Waals surface area contributed by atoms with E-state index in [1.165, 1.54) is 18.2 Å². The highest BCUT2D eigenvalue weighted by atomic mass is 32.2. The Bertz CT molecular complexity index is 2400. The molecule has 0 unspecified atom stereocenters. The number of aromatic nitrogens is 2. The summed E-state index contributed by atoms with van der Waals surface area (Å²) in [4.78, 5) is 5.73. The van der Waals surface area contributed by atoms with E-state index < -0.39 is 66.6 Å². The summed E-state index contributed by atoms with van der Waals surface area (Å²) >= 11 is 0.830. The lowest BCUT2D eigenvalue weighted by Gasteiger charge is -2.08. The van der Waals surface area contributed by atoms with Crippen molar-refractivity contribution < 1.29 is 51.9 Å². The van der Waals surface area contributed by atoms with Crippen LogP contribution >= 0.6 is 11.8 Å². The van der Waals surface area contributed by atoms with Crippen LogP contribution in [0.3, 0.4) is 0 Å². The molecule has 0 bridgehead atoms. The van der Waals surface area contributed by atoms with E-state index in [0.717, 1.165) is 23.9 Å². The van der Waals surface area contributed by atoms with Crippen molar-refractivity contribution in [2.24, 2.45) is 20.5 Å². The highest BCUT2D eigenvalue weighted by Crippen LogP contribution is 2.38. The third kappa shape index (κ3) is 8.99. The molecule has 0 aliphatic heterocycles. The number of hydrogen-bond donors (Lipinski definition) is 6.